The molecular formula is C23H19ClN4O3. The smallest absolute Gasteiger partial charge is 0.291 e. The van der Waals surface area contributed by atoms with Gasteiger partial charge in [0.25, 0.3) is 11.8 Å². The van der Waals surface area contributed by atoms with Gasteiger partial charge in [0.1, 0.15) is 11.5 Å². The number of aromatic nitrogens is 2. The number of imidazole rings is 1. The Morgan fingerprint density at radius 1 is 1.06 bits per heavy atom. The quantitative estimate of drug-likeness (QED) is 0.383. The second-order valence-electron chi connectivity index (χ2n) is 6.75. The topological polar surface area (TPSA) is 100 Å². The number of nitrogens with zero attached hydrogens (tertiary/aromatic N) is 1. The van der Waals surface area contributed by atoms with Gasteiger partial charge < -0.3 is 20.0 Å². The summed E-state index contributed by atoms with van der Waals surface area (Å²) in [5, 5.41) is 6.01. The Morgan fingerprint density at radius 3 is 2.61 bits per heavy atom. The maximum atomic E-state index is 12.8. The van der Waals surface area contributed by atoms with E-state index in [-0.39, 0.29) is 11.5 Å². The molecule has 0 radical (unpaired) electrons. The molecular weight excluding hydrogens is 416 g/mol. The molecule has 2 amide bonds. The molecule has 3 N–H and O–H groups in total. The molecule has 2 heterocycles. The van der Waals surface area contributed by atoms with Crippen molar-refractivity contribution in [1.29, 1.82) is 0 Å². The number of rotatable bonds is 7. The summed E-state index contributed by atoms with van der Waals surface area (Å²) in [5.41, 5.74) is 2.62. The highest BCUT2D eigenvalue weighted by Gasteiger charge is 2.16. The Morgan fingerprint density at radius 2 is 1.87 bits per heavy atom. The molecule has 0 aliphatic rings. The molecule has 0 spiro atoms. The minimum absolute atomic E-state index is 0.0910. The van der Waals surface area contributed by atoms with E-state index in [1.54, 1.807) is 36.4 Å². The average molecular weight is 435 g/mol. The predicted molar refractivity (Wildman–Crippen MR) is 118 cm³/mol. The Labute approximate surface area is 183 Å². The molecule has 31 heavy (non-hydrogen) atoms. The van der Waals surface area contributed by atoms with Crippen molar-refractivity contribution in [2.75, 3.05) is 6.54 Å². The number of hydrogen-bond donors (Lipinski definition) is 3. The zero-order valence-corrected chi connectivity index (χ0v) is 17.1. The number of para-hydroxylation sites is 2. The summed E-state index contributed by atoms with van der Waals surface area (Å²) in [7, 11) is 0. The third kappa shape index (κ3) is 5.21. The first-order valence-electron chi connectivity index (χ1n) is 9.62. The number of halogens is 1. The van der Waals surface area contributed by atoms with Crippen LogP contribution in [0, 0.1) is 0 Å². The monoisotopic (exact) mass is 434 g/mol. The molecule has 2 aromatic heterocycles. The number of hydrogen-bond acceptors (Lipinski definition) is 4. The van der Waals surface area contributed by atoms with Crippen molar-refractivity contribution in [1.82, 2.24) is 20.6 Å². The lowest BCUT2D eigenvalue weighted by atomic mass is 10.2. The number of benzene rings is 2. The summed E-state index contributed by atoms with van der Waals surface area (Å²) >= 11 is 5.93. The van der Waals surface area contributed by atoms with E-state index in [2.05, 4.69) is 20.6 Å². The zero-order chi connectivity index (χ0) is 21.6. The number of amides is 2. The SMILES string of the molecule is O=C(NCCc1nc2ccccc2[nH]1)/C(=C/c1ccc(Cl)cc1)NC(=O)c1ccco1. The highest BCUT2D eigenvalue weighted by Crippen LogP contribution is 2.13. The van der Waals surface area contributed by atoms with Crippen molar-refractivity contribution in [3.63, 3.8) is 0 Å². The molecule has 7 nitrogen and oxygen atoms in total. The van der Waals surface area contributed by atoms with Gasteiger partial charge in [0, 0.05) is 18.0 Å². The van der Waals surface area contributed by atoms with Crippen molar-refractivity contribution in [2.45, 2.75) is 6.42 Å². The van der Waals surface area contributed by atoms with Gasteiger partial charge in [-0.2, -0.15) is 0 Å². The van der Waals surface area contributed by atoms with Gasteiger partial charge in [0.05, 0.1) is 17.3 Å². The van der Waals surface area contributed by atoms with Gasteiger partial charge in [0.15, 0.2) is 5.76 Å². The fraction of sp³-hybridized carbons (Fsp3) is 0.0870. The van der Waals surface area contributed by atoms with Gasteiger partial charge in [-0.15, -0.1) is 0 Å². The van der Waals surface area contributed by atoms with Crippen LogP contribution < -0.4 is 10.6 Å². The molecule has 8 heteroatoms. The molecule has 0 fully saturated rings. The van der Waals surface area contributed by atoms with E-state index in [0.717, 1.165) is 16.9 Å². The fourth-order valence-corrected chi connectivity index (χ4v) is 3.12. The third-order valence-corrected chi connectivity index (χ3v) is 4.76. The highest BCUT2D eigenvalue weighted by molar-refractivity contribution is 6.30. The Hall–Kier alpha value is -3.84. The molecule has 0 aliphatic carbocycles. The standard InChI is InChI=1S/C23H19ClN4O3/c24-16-9-7-15(8-10-16)14-19(28-23(30)20-6-3-13-31-20)22(29)25-12-11-21-26-17-4-1-2-5-18(17)27-21/h1-10,13-14H,11-12H2,(H,25,29)(H,26,27)(H,28,30)/b19-14-. The van der Waals surface area contributed by atoms with Crippen molar-refractivity contribution in [3.05, 3.63) is 94.8 Å². The van der Waals surface area contributed by atoms with E-state index in [1.165, 1.54) is 12.3 Å². The number of furan rings is 1. The van der Waals surface area contributed by atoms with Crippen LogP contribution in [0.2, 0.25) is 5.02 Å². The first-order chi connectivity index (χ1) is 15.1. The van der Waals surface area contributed by atoms with E-state index in [1.807, 2.05) is 24.3 Å². The molecule has 0 saturated heterocycles. The van der Waals surface area contributed by atoms with Crippen LogP contribution in [0.3, 0.4) is 0 Å². The molecule has 156 valence electrons. The average Bonchev–Trinajstić information content (AvgIpc) is 3.44. The summed E-state index contributed by atoms with van der Waals surface area (Å²) in [6.45, 7) is 0.341. The van der Waals surface area contributed by atoms with Crippen molar-refractivity contribution in [3.8, 4) is 0 Å². The van der Waals surface area contributed by atoms with Crippen LogP contribution >= 0.6 is 11.6 Å². The minimum atomic E-state index is -0.516. The van der Waals surface area contributed by atoms with E-state index < -0.39 is 11.8 Å². The van der Waals surface area contributed by atoms with Crippen LogP contribution in [0.5, 0.6) is 0 Å². The van der Waals surface area contributed by atoms with Crippen molar-refractivity contribution >= 4 is 40.5 Å². The van der Waals surface area contributed by atoms with Crippen LogP contribution in [0.25, 0.3) is 17.1 Å². The van der Waals surface area contributed by atoms with Crippen LogP contribution in [-0.2, 0) is 11.2 Å². The second kappa shape index (κ2) is 9.32. The van der Waals surface area contributed by atoms with Gasteiger partial charge in [-0.05, 0) is 48.0 Å². The van der Waals surface area contributed by atoms with Crippen LogP contribution in [0.15, 0.2) is 77.0 Å². The lowest BCUT2D eigenvalue weighted by Crippen LogP contribution is -2.35. The van der Waals surface area contributed by atoms with E-state index in [9.17, 15) is 9.59 Å². The molecule has 4 rings (SSSR count). The number of carbonyl (C=O) groups is 2. The lowest BCUT2D eigenvalue weighted by molar-refractivity contribution is -0.117. The summed E-state index contributed by atoms with van der Waals surface area (Å²) in [5.74, 6) is -0.0648. The Kier molecular flexibility index (Phi) is 6.14. The van der Waals surface area contributed by atoms with Gasteiger partial charge in [-0.1, -0.05) is 35.9 Å². The van der Waals surface area contributed by atoms with Crippen LogP contribution in [0.4, 0.5) is 0 Å². The van der Waals surface area contributed by atoms with Gasteiger partial charge in [-0.25, -0.2) is 4.98 Å². The normalized spacial score (nSPS) is 11.5. The number of fused-ring (bicyclic) bond motifs is 1. The lowest BCUT2D eigenvalue weighted by Gasteiger charge is -2.10. The molecule has 0 saturated carbocycles. The van der Waals surface area contributed by atoms with Crippen LogP contribution in [0.1, 0.15) is 21.9 Å². The molecule has 0 bridgehead atoms. The van der Waals surface area contributed by atoms with Crippen LogP contribution in [-0.4, -0.2) is 28.3 Å². The van der Waals surface area contributed by atoms with E-state index in [4.69, 9.17) is 16.0 Å². The first kappa shape index (κ1) is 20.4. The summed E-state index contributed by atoms with van der Waals surface area (Å²) in [4.78, 5) is 32.9. The second-order valence-corrected chi connectivity index (χ2v) is 7.18. The van der Waals surface area contributed by atoms with E-state index in [0.29, 0.717) is 23.6 Å². The molecule has 0 atom stereocenters. The maximum absolute atomic E-state index is 12.8. The minimum Gasteiger partial charge on any atom is -0.459 e. The Bertz CT molecular complexity index is 1190. The summed E-state index contributed by atoms with van der Waals surface area (Å²) in [6.07, 6.45) is 3.49. The number of H-pyrrole nitrogens is 1. The molecule has 2 aromatic carbocycles. The van der Waals surface area contributed by atoms with Gasteiger partial charge in [0.2, 0.25) is 0 Å². The first-order valence-corrected chi connectivity index (χ1v) is 10.0. The molecule has 0 aliphatic heterocycles. The number of carbonyl (C=O) groups excluding carboxylic acids is 2. The van der Waals surface area contributed by atoms with Gasteiger partial charge in [-0.3, -0.25) is 9.59 Å². The van der Waals surface area contributed by atoms with Crippen molar-refractivity contribution < 1.29 is 14.0 Å². The highest BCUT2D eigenvalue weighted by atomic mass is 35.5. The molecule has 4 aromatic rings. The van der Waals surface area contributed by atoms with Gasteiger partial charge >= 0.3 is 0 Å². The largest absolute Gasteiger partial charge is 0.459 e. The summed E-state index contributed by atoms with van der Waals surface area (Å²) < 4.78 is 5.11. The fourth-order valence-electron chi connectivity index (χ4n) is 2.99. The predicted octanol–water partition coefficient (Wildman–Crippen LogP) is 3.94. The molecule has 0 unspecified atom stereocenters. The third-order valence-electron chi connectivity index (χ3n) is 4.50. The zero-order valence-electron chi connectivity index (χ0n) is 16.4. The number of aromatic amines is 1. The maximum Gasteiger partial charge on any atom is 0.291 e. The van der Waals surface area contributed by atoms with Crippen molar-refractivity contribution in [2.24, 2.45) is 0 Å². The summed E-state index contributed by atoms with van der Waals surface area (Å²) in [6, 6.07) is 17.8. The number of nitrogens with one attached hydrogen (secondary N) is 3. The van der Waals surface area contributed by atoms with E-state index >= 15 is 0 Å². The Balaban J connectivity index is 1.45.